The van der Waals surface area contributed by atoms with Crippen molar-refractivity contribution in [2.75, 3.05) is 19.8 Å². The van der Waals surface area contributed by atoms with Crippen LogP contribution in [0.25, 0.3) is 0 Å². The lowest BCUT2D eigenvalue weighted by molar-refractivity contribution is -0.152. The van der Waals surface area contributed by atoms with E-state index in [0.717, 1.165) is 0 Å². The van der Waals surface area contributed by atoms with Crippen LogP contribution in [-0.4, -0.2) is 62.5 Å². The standard InChI is InChI=1S/C30H47NO11/c1-18(2)20(4)40-26(33)36-15-19(3)39-25(32)22(31)13-21-11-12-23(41-27(34)37-16-29(5,6)7)24(14-21)42-28(35)38-17-30(8,9)10/h11-12,14,18-20,22H,13,15-17,31H2,1-10H3/t19-,20?,22-/m0/s1. The molecule has 0 aromatic heterocycles. The van der Waals surface area contributed by atoms with Crippen LogP contribution >= 0.6 is 0 Å². The number of ether oxygens (including phenoxy) is 7. The van der Waals surface area contributed by atoms with Crippen LogP contribution in [0.5, 0.6) is 11.5 Å². The molecule has 0 bridgehead atoms. The molecule has 0 saturated heterocycles. The highest BCUT2D eigenvalue weighted by molar-refractivity contribution is 5.76. The molecule has 0 aliphatic heterocycles. The van der Waals surface area contributed by atoms with Crippen LogP contribution in [0.3, 0.4) is 0 Å². The van der Waals surface area contributed by atoms with Crippen LogP contribution in [0, 0.1) is 16.7 Å². The average Bonchev–Trinajstić information content (AvgIpc) is 2.85. The Morgan fingerprint density at radius 3 is 1.76 bits per heavy atom. The molecule has 1 unspecified atom stereocenters. The highest BCUT2D eigenvalue weighted by atomic mass is 16.7. The van der Waals surface area contributed by atoms with E-state index >= 15 is 0 Å². The second-order valence-corrected chi connectivity index (χ2v) is 12.9. The minimum absolute atomic E-state index is 0.0114. The maximum atomic E-state index is 12.6. The minimum Gasteiger partial charge on any atom is -0.458 e. The lowest BCUT2D eigenvalue weighted by Crippen LogP contribution is -2.37. The monoisotopic (exact) mass is 597 g/mol. The Hall–Kier alpha value is -3.54. The molecule has 12 heteroatoms. The van der Waals surface area contributed by atoms with Gasteiger partial charge in [0.25, 0.3) is 0 Å². The van der Waals surface area contributed by atoms with E-state index in [-0.39, 0.29) is 60.6 Å². The molecule has 0 amide bonds. The second-order valence-electron chi connectivity index (χ2n) is 12.9. The zero-order valence-corrected chi connectivity index (χ0v) is 26.4. The first kappa shape index (κ1) is 36.5. The summed E-state index contributed by atoms with van der Waals surface area (Å²) in [6.07, 6.45) is -3.97. The topological polar surface area (TPSA) is 159 Å². The van der Waals surface area contributed by atoms with Gasteiger partial charge in [0.2, 0.25) is 0 Å². The molecule has 1 rings (SSSR count). The van der Waals surface area contributed by atoms with Gasteiger partial charge in [-0.25, -0.2) is 14.4 Å². The molecule has 0 heterocycles. The quantitative estimate of drug-likeness (QED) is 0.175. The zero-order chi connectivity index (χ0) is 32.3. The summed E-state index contributed by atoms with van der Waals surface area (Å²) < 4.78 is 36.3. The highest BCUT2D eigenvalue weighted by Gasteiger charge is 2.24. The molecule has 2 N–H and O–H groups in total. The summed E-state index contributed by atoms with van der Waals surface area (Å²) in [5.41, 5.74) is 5.93. The fourth-order valence-electron chi connectivity index (χ4n) is 2.80. The van der Waals surface area contributed by atoms with Crippen LogP contribution in [0.15, 0.2) is 18.2 Å². The molecular formula is C30H47NO11. The lowest BCUT2D eigenvalue weighted by Gasteiger charge is -2.20. The number of nitrogens with two attached hydrogens (primary N) is 1. The number of carbonyl (C=O) groups is 4. The predicted molar refractivity (Wildman–Crippen MR) is 153 cm³/mol. The summed E-state index contributed by atoms with van der Waals surface area (Å²) in [5.74, 6) is -0.844. The van der Waals surface area contributed by atoms with Crippen molar-refractivity contribution in [1.29, 1.82) is 0 Å². The average molecular weight is 598 g/mol. The third kappa shape index (κ3) is 15.5. The first-order valence-corrected chi connectivity index (χ1v) is 13.9. The Morgan fingerprint density at radius 1 is 0.738 bits per heavy atom. The maximum absolute atomic E-state index is 12.6. The normalized spacial score (nSPS) is 13.8. The van der Waals surface area contributed by atoms with Gasteiger partial charge < -0.3 is 38.9 Å². The van der Waals surface area contributed by atoms with Crippen molar-refractivity contribution < 1.29 is 52.3 Å². The fraction of sp³-hybridized carbons (Fsp3) is 0.667. The van der Waals surface area contributed by atoms with Gasteiger partial charge in [-0.2, -0.15) is 0 Å². The largest absolute Gasteiger partial charge is 0.513 e. The third-order valence-electron chi connectivity index (χ3n) is 5.37. The van der Waals surface area contributed by atoms with Crippen molar-refractivity contribution in [1.82, 2.24) is 0 Å². The van der Waals surface area contributed by atoms with Gasteiger partial charge >= 0.3 is 24.4 Å². The second kappa shape index (κ2) is 16.2. The van der Waals surface area contributed by atoms with Crippen molar-refractivity contribution in [3.63, 3.8) is 0 Å². The molecule has 0 radical (unpaired) electrons. The molecule has 3 atom stereocenters. The van der Waals surface area contributed by atoms with Gasteiger partial charge in [-0.15, -0.1) is 0 Å². The first-order valence-electron chi connectivity index (χ1n) is 13.9. The number of benzene rings is 1. The summed E-state index contributed by atoms with van der Waals surface area (Å²) in [5, 5.41) is 0. The Kier molecular flexibility index (Phi) is 14.1. The predicted octanol–water partition coefficient (Wildman–Crippen LogP) is 5.81. The third-order valence-corrected chi connectivity index (χ3v) is 5.37. The lowest BCUT2D eigenvalue weighted by atomic mass is 9.99. The highest BCUT2D eigenvalue weighted by Crippen LogP contribution is 2.30. The molecule has 0 fully saturated rings. The van der Waals surface area contributed by atoms with Gasteiger partial charge in [0.05, 0.1) is 13.2 Å². The van der Waals surface area contributed by atoms with E-state index in [9.17, 15) is 19.2 Å². The van der Waals surface area contributed by atoms with E-state index in [1.54, 1.807) is 19.9 Å². The van der Waals surface area contributed by atoms with Gasteiger partial charge in [-0.3, -0.25) is 4.79 Å². The van der Waals surface area contributed by atoms with Crippen molar-refractivity contribution in [3.8, 4) is 11.5 Å². The van der Waals surface area contributed by atoms with Crippen molar-refractivity contribution in [3.05, 3.63) is 23.8 Å². The SMILES string of the molecule is CC(C)C(C)OC(=O)OC[C@H](C)OC(=O)[C@@H](N)Cc1ccc(OC(=O)OCC(C)(C)C)c(OC(=O)OCC(C)(C)C)c1. The summed E-state index contributed by atoms with van der Waals surface area (Å²) >= 11 is 0. The Morgan fingerprint density at radius 2 is 1.26 bits per heavy atom. The minimum atomic E-state index is -1.11. The molecule has 0 aliphatic rings. The van der Waals surface area contributed by atoms with Crippen LogP contribution in [0.4, 0.5) is 14.4 Å². The molecule has 0 saturated carbocycles. The zero-order valence-electron chi connectivity index (χ0n) is 26.4. The molecule has 42 heavy (non-hydrogen) atoms. The summed E-state index contributed by atoms with van der Waals surface area (Å²) in [6, 6.07) is 3.23. The molecule has 1 aromatic rings. The maximum Gasteiger partial charge on any atom is 0.513 e. The summed E-state index contributed by atoms with van der Waals surface area (Å²) in [4.78, 5) is 49.0. The van der Waals surface area contributed by atoms with Crippen LogP contribution in [-0.2, 0) is 34.9 Å². The van der Waals surface area contributed by atoms with Crippen molar-refractivity contribution >= 4 is 24.4 Å². The summed E-state index contributed by atoms with van der Waals surface area (Å²) in [6.45, 7) is 18.4. The molecule has 238 valence electrons. The number of hydrogen-bond donors (Lipinski definition) is 1. The number of hydrogen-bond acceptors (Lipinski definition) is 12. The van der Waals surface area contributed by atoms with E-state index in [4.69, 9.17) is 38.9 Å². The van der Waals surface area contributed by atoms with Crippen molar-refractivity contribution in [2.45, 2.75) is 93.9 Å². The Labute approximate surface area is 248 Å². The van der Waals surface area contributed by atoms with Crippen LogP contribution in [0.2, 0.25) is 0 Å². The smallest absolute Gasteiger partial charge is 0.458 e. The van der Waals surface area contributed by atoms with Crippen LogP contribution in [0.1, 0.15) is 74.8 Å². The van der Waals surface area contributed by atoms with E-state index in [2.05, 4.69) is 0 Å². The van der Waals surface area contributed by atoms with E-state index in [1.807, 2.05) is 55.4 Å². The van der Waals surface area contributed by atoms with Gasteiger partial charge in [-0.1, -0.05) is 61.5 Å². The molecule has 0 aliphatic carbocycles. The summed E-state index contributed by atoms with van der Waals surface area (Å²) in [7, 11) is 0. The van der Waals surface area contributed by atoms with Gasteiger partial charge in [0, 0.05) is 0 Å². The molecule has 0 spiro atoms. The van der Waals surface area contributed by atoms with Gasteiger partial charge in [0.15, 0.2) is 11.5 Å². The van der Waals surface area contributed by atoms with E-state index < -0.39 is 36.6 Å². The van der Waals surface area contributed by atoms with Crippen molar-refractivity contribution in [2.24, 2.45) is 22.5 Å². The first-order chi connectivity index (χ1) is 19.3. The number of rotatable bonds is 12. The molecule has 1 aromatic carbocycles. The Bertz CT molecular complexity index is 1060. The Balaban J connectivity index is 2.89. The number of carbonyl (C=O) groups excluding carboxylic acids is 4. The fourth-order valence-corrected chi connectivity index (χ4v) is 2.80. The van der Waals surface area contributed by atoms with Gasteiger partial charge in [-0.05, 0) is 54.7 Å². The van der Waals surface area contributed by atoms with Crippen LogP contribution < -0.4 is 15.2 Å². The molecule has 12 nitrogen and oxygen atoms in total. The molecular weight excluding hydrogens is 550 g/mol. The van der Waals surface area contributed by atoms with Gasteiger partial charge in [0.1, 0.15) is 24.9 Å². The van der Waals surface area contributed by atoms with E-state index in [0.29, 0.717) is 5.56 Å². The van der Waals surface area contributed by atoms with E-state index in [1.165, 1.54) is 12.1 Å². The number of esters is 1.